The molecule has 1 aliphatic heterocycles. The second-order valence-electron chi connectivity index (χ2n) is 4.63. The van der Waals surface area contributed by atoms with Gasteiger partial charge in [0.2, 0.25) is 0 Å². The monoisotopic (exact) mass is 293 g/mol. The van der Waals surface area contributed by atoms with Gasteiger partial charge in [-0.05, 0) is 35.4 Å². The summed E-state index contributed by atoms with van der Waals surface area (Å²) in [5.74, 6) is 0.877. The Labute approximate surface area is 122 Å². The number of rotatable bonds is 2. The molecule has 0 amide bonds. The summed E-state index contributed by atoms with van der Waals surface area (Å²) in [7, 11) is 0. The lowest BCUT2D eigenvalue weighted by atomic mass is 10.0. The molecule has 3 rings (SSSR count). The second kappa shape index (κ2) is 5.04. The van der Waals surface area contributed by atoms with Crippen molar-refractivity contribution in [1.29, 1.82) is 0 Å². The van der Waals surface area contributed by atoms with Crippen molar-refractivity contribution in [3.8, 4) is 16.9 Å². The smallest absolute Gasteiger partial charge is 0.131 e. The molecule has 2 aromatic rings. The van der Waals surface area contributed by atoms with Gasteiger partial charge in [-0.1, -0.05) is 35.3 Å². The van der Waals surface area contributed by atoms with Crippen LogP contribution in [0.5, 0.6) is 5.75 Å². The molecule has 4 heteroatoms. The number of fused-ring (bicyclic) bond motifs is 1. The first kappa shape index (κ1) is 12.8. The lowest BCUT2D eigenvalue weighted by Crippen LogP contribution is -2.24. The molecule has 19 heavy (non-hydrogen) atoms. The van der Waals surface area contributed by atoms with E-state index in [1.165, 1.54) is 0 Å². The van der Waals surface area contributed by atoms with Crippen LogP contribution >= 0.6 is 23.2 Å². The van der Waals surface area contributed by atoms with Gasteiger partial charge in [-0.3, -0.25) is 0 Å². The first-order valence-corrected chi connectivity index (χ1v) is 6.88. The molecule has 0 saturated heterocycles. The zero-order valence-corrected chi connectivity index (χ0v) is 11.7. The Morgan fingerprint density at radius 2 is 2.00 bits per heavy atom. The van der Waals surface area contributed by atoms with Crippen molar-refractivity contribution >= 4 is 23.2 Å². The SMILES string of the molecule is NC[C@@H]1Cc2cc(Cl)cc(-c3cccc(Cl)c3)c2O1. The van der Waals surface area contributed by atoms with E-state index in [-0.39, 0.29) is 6.10 Å². The van der Waals surface area contributed by atoms with E-state index in [1.807, 2.05) is 36.4 Å². The largest absolute Gasteiger partial charge is 0.488 e. The number of halogens is 2. The fraction of sp³-hybridized carbons (Fsp3) is 0.200. The molecule has 0 radical (unpaired) electrons. The molecular weight excluding hydrogens is 281 g/mol. The summed E-state index contributed by atoms with van der Waals surface area (Å²) in [6.07, 6.45) is 0.839. The highest BCUT2D eigenvalue weighted by atomic mass is 35.5. The highest BCUT2D eigenvalue weighted by Crippen LogP contribution is 2.41. The van der Waals surface area contributed by atoms with Gasteiger partial charge in [0.05, 0.1) is 0 Å². The topological polar surface area (TPSA) is 35.2 Å². The molecule has 98 valence electrons. The maximum absolute atomic E-state index is 6.19. The molecule has 1 heterocycles. The Morgan fingerprint density at radius 3 is 2.74 bits per heavy atom. The summed E-state index contributed by atoms with van der Waals surface area (Å²) < 4.78 is 5.91. The third kappa shape index (κ3) is 2.44. The van der Waals surface area contributed by atoms with Gasteiger partial charge >= 0.3 is 0 Å². The van der Waals surface area contributed by atoms with Crippen molar-refractivity contribution < 1.29 is 4.74 Å². The van der Waals surface area contributed by atoms with Crippen molar-refractivity contribution in [3.63, 3.8) is 0 Å². The van der Waals surface area contributed by atoms with Crippen LogP contribution in [0.15, 0.2) is 36.4 Å². The molecular formula is C15H13Cl2NO. The van der Waals surface area contributed by atoms with Gasteiger partial charge in [0, 0.05) is 28.6 Å². The lowest BCUT2D eigenvalue weighted by molar-refractivity contribution is 0.242. The van der Waals surface area contributed by atoms with Gasteiger partial charge in [0.25, 0.3) is 0 Å². The van der Waals surface area contributed by atoms with Gasteiger partial charge in [0.1, 0.15) is 11.9 Å². The van der Waals surface area contributed by atoms with Crippen molar-refractivity contribution in [1.82, 2.24) is 0 Å². The maximum Gasteiger partial charge on any atom is 0.131 e. The third-order valence-corrected chi connectivity index (χ3v) is 3.71. The fourth-order valence-electron chi connectivity index (χ4n) is 2.40. The number of ether oxygens (including phenoxy) is 1. The van der Waals surface area contributed by atoms with E-state index in [9.17, 15) is 0 Å². The Bertz CT molecular complexity index is 628. The molecule has 0 saturated carbocycles. The van der Waals surface area contributed by atoms with Crippen molar-refractivity contribution in [2.45, 2.75) is 12.5 Å². The van der Waals surface area contributed by atoms with E-state index >= 15 is 0 Å². The zero-order valence-electron chi connectivity index (χ0n) is 10.2. The molecule has 1 aliphatic rings. The second-order valence-corrected chi connectivity index (χ2v) is 5.50. The van der Waals surface area contributed by atoms with Crippen LogP contribution in [0.3, 0.4) is 0 Å². The fourth-order valence-corrected chi connectivity index (χ4v) is 2.83. The van der Waals surface area contributed by atoms with E-state index in [0.717, 1.165) is 28.9 Å². The van der Waals surface area contributed by atoms with Crippen LogP contribution < -0.4 is 10.5 Å². The van der Waals surface area contributed by atoms with Gasteiger partial charge < -0.3 is 10.5 Å². The predicted octanol–water partition coefficient (Wildman–Crippen LogP) is 3.92. The van der Waals surface area contributed by atoms with E-state index in [1.54, 1.807) is 0 Å². The minimum atomic E-state index is 0.0337. The molecule has 2 nitrogen and oxygen atoms in total. The highest BCUT2D eigenvalue weighted by Gasteiger charge is 2.25. The molecule has 0 unspecified atom stereocenters. The normalized spacial score (nSPS) is 17.1. The van der Waals surface area contributed by atoms with Crippen LogP contribution in [0.2, 0.25) is 10.0 Å². The summed E-state index contributed by atoms with van der Waals surface area (Å²) in [4.78, 5) is 0. The number of nitrogens with two attached hydrogens (primary N) is 1. The molecule has 0 aromatic heterocycles. The van der Waals surface area contributed by atoms with Crippen LogP contribution in [0.25, 0.3) is 11.1 Å². The summed E-state index contributed by atoms with van der Waals surface area (Å²) >= 11 is 12.2. The molecule has 2 aromatic carbocycles. The van der Waals surface area contributed by atoms with E-state index in [0.29, 0.717) is 16.6 Å². The minimum absolute atomic E-state index is 0.0337. The lowest BCUT2D eigenvalue weighted by Gasteiger charge is -2.11. The quantitative estimate of drug-likeness (QED) is 0.911. The molecule has 0 aliphatic carbocycles. The Kier molecular flexibility index (Phi) is 3.40. The molecule has 0 spiro atoms. The number of hydrogen-bond donors (Lipinski definition) is 1. The van der Waals surface area contributed by atoms with E-state index in [4.69, 9.17) is 33.7 Å². The van der Waals surface area contributed by atoms with Crippen LogP contribution in [0.4, 0.5) is 0 Å². The molecule has 1 atom stereocenters. The average molecular weight is 294 g/mol. The first-order valence-electron chi connectivity index (χ1n) is 6.12. The highest BCUT2D eigenvalue weighted by molar-refractivity contribution is 6.31. The van der Waals surface area contributed by atoms with E-state index < -0.39 is 0 Å². The minimum Gasteiger partial charge on any atom is -0.488 e. The average Bonchev–Trinajstić information content (AvgIpc) is 2.80. The number of benzene rings is 2. The van der Waals surface area contributed by atoms with Gasteiger partial charge in [-0.2, -0.15) is 0 Å². The molecule has 2 N–H and O–H groups in total. The maximum atomic E-state index is 6.19. The Balaban J connectivity index is 2.13. The third-order valence-electron chi connectivity index (χ3n) is 3.26. The predicted molar refractivity (Wildman–Crippen MR) is 79.1 cm³/mol. The van der Waals surface area contributed by atoms with Crippen molar-refractivity contribution in [2.24, 2.45) is 5.73 Å². The number of hydrogen-bond acceptors (Lipinski definition) is 2. The summed E-state index contributed by atoms with van der Waals surface area (Å²) in [5, 5.41) is 1.40. The van der Waals surface area contributed by atoms with E-state index in [2.05, 4.69) is 0 Å². The first-order chi connectivity index (χ1) is 9.17. The van der Waals surface area contributed by atoms with Crippen molar-refractivity contribution in [2.75, 3.05) is 6.54 Å². The summed E-state index contributed by atoms with van der Waals surface area (Å²) in [6.45, 7) is 0.501. The molecule has 0 bridgehead atoms. The summed E-state index contributed by atoms with van der Waals surface area (Å²) in [6, 6.07) is 11.5. The van der Waals surface area contributed by atoms with Crippen molar-refractivity contribution in [3.05, 3.63) is 52.0 Å². The summed E-state index contributed by atoms with van der Waals surface area (Å²) in [5.41, 5.74) is 8.77. The Hall–Kier alpha value is -1.22. The van der Waals surface area contributed by atoms with Crippen LogP contribution in [0.1, 0.15) is 5.56 Å². The Morgan fingerprint density at radius 1 is 1.16 bits per heavy atom. The van der Waals surface area contributed by atoms with Gasteiger partial charge in [-0.15, -0.1) is 0 Å². The standard InChI is InChI=1S/C15H13Cl2NO/c16-11-3-1-2-9(4-11)14-7-12(17)5-10-6-13(8-18)19-15(10)14/h1-5,7,13H,6,8,18H2/t13-/m0/s1. The van der Waals surface area contributed by atoms with Gasteiger partial charge in [-0.25, -0.2) is 0 Å². The molecule has 0 fully saturated rings. The van der Waals surface area contributed by atoms with Crippen LogP contribution in [-0.2, 0) is 6.42 Å². The van der Waals surface area contributed by atoms with Crippen LogP contribution in [-0.4, -0.2) is 12.6 Å². The van der Waals surface area contributed by atoms with Crippen LogP contribution in [0, 0.1) is 0 Å². The van der Waals surface area contributed by atoms with Gasteiger partial charge in [0.15, 0.2) is 0 Å². The zero-order chi connectivity index (χ0) is 13.4.